The van der Waals surface area contributed by atoms with Crippen molar-refractivity contribution in [2.45, 2.75) is 64.0 Å². The van der Waals surface area contributed by atoms with Gasteiger partial charge in [-0.2, -0.15) is 0 Å². The lowest BCUT2D eigenvalue weighted by atomic mass is 9.60. The van der Waals surface area contributed by atoms with Gasteiger partial charge in [-0.1, -0.05) is 0 Å². The number of carbonyl (C=O) groups excluding carboxylic acids is 3. The van der Waals surface area contributed by atoms with Crippen LogP contribution in [-0.4, -0.2) is 59.6 Å². The SMILES string of the molecule is CN(C(=O)OC(C)(C)C)C1CC2(C1)CN(c1ccc(C3CCC(=O)NC3=O)nc1)C2. The lowest BCUT2D eigenvalue weighted by Crippen LogP contribution is -2.67. The van der Waals surface area contributed by atoms with Crippen LogP contribution in [0.1, 0.15) is 58.1 Å². The fraction of sp³-hybridized carbons (Fsp3) is 0.636. The minimum absolute atomic E-state index is 0.213. The summed E-state index contributed by atoms with van der Waals surface area (Å²) in [6, 6.07) is 4.12. The molecule has 0 aromatic carbocycles. The van der Waals surface area contributed by atoms with Gasteiger partial charge in [0.2, 0.25) is 11.8 Å². The Bertz CT molecular complexity index is 847. The van der Waals surface area contributed by atoms with Crippen LogP contribution >= 0.6 is 0 Å². The molecule has 162 valence electrons. The van der Waals surface area contributed by atoms with Crippen molar-refractivity contribution in [1.82, 2.24) is 15.2 Å². The van der Waals surface area contributed by atoms with Crippen LogP contribution in [0.15, 0.2) is 18.3 Å². The molecule has 1 unspecified atom stereocenters. The van der Waals surface area contributed by atoms with E-state index < -0.39 is 5.60 Å². The zero-order valence-corrected chi connectivity index (χ0v) is 18.1. The molecule has 3 amide bonds. The summed E-state index contributed by atoms with van der Waals surface area (Å²) in [6.45, 7) is 7.54. The third-order valence-corrected chi connectivity index (χ3v) is 6.35. The van der Waals surface area contributed by atoms with Crippen molar-refractivity contribution in [3.63, 3.8) is 0 Å². The quantitative estimate of drug-likeness (QED) is 0.764. The number of rotatable bonds is 3. The highest BCUT2D eigenvalue weighted by molar-refractivity contribution is 6.00. The zero-order chi connectivity index (χ0) is 21.7. The van der Waals surface area contributed by atoms with Crippen molar-refractivity contribution < 1.29 is 19.1 Å². The highest BCUT2D eigenvalue weighted by Crippen LogP contribution is 2.51. The fourth-order valence-corrected chi connectivity index (χ4v) is 4.67. The Labute approximate surface area is 177 Å². The number of pyridine rings is 1. The van der Waals surface area contributed by atoms with E-state index in [1.54, 1.807) is 4.90 Å². The van der Waals surface area contributed by atoms with Crippen LogP contribution < -0.4 is 10.2 Å². The molecule has 2 aliphatic heterocycles. The van der Waals surface area contributed by atoms with Crippen molar-refractivity contribution in [3.05, 3.63) is 24.0 Å². The standard InChI is InChI=1S/C22H30N4O4/c1-21(2,3)30-20(29)25(4)15-9-22(10-15)12-26(13-22)14-5-7-17(23-11-14)16-6-8-18(27)24-19(16)28/h5,7,11,15-16H,6,8-10,12-13H2,1-4H3,(H,24,27,28). The minimum Gasteiger partial charge on any atom is -0.444 e. The molecule has 1 saturated carbocycles. The van der Waals surface area contributed by atoms with Gasteiger partial charge in [-0.05, 0) is 52.2 Å². The predicted octanol–water partition coefficient (Wildman–Crippen LogP) is 2.44. The van der Waals surface area contributed by atoms with E-state index in [-0.39, 0.29) is 35.3 Å². The number of piperidine rings is 1. The van der Waals surface area contributed by atoms with E-state index in [9.17, 15) is 14.4 Å². The smallest absolute Gasteiger partial charge is 0.410 e. The summed E-state index contributed by atoms with van der Waals surface area (Å²) < 4.78 is 5.46. The fourth-order valence-electron chi connectivity index (χ4n) is 4.67. The summed E-state index contributed by atoms with van der Waals surface area (Å²) in [5.41, 5.74) is 1.54. The minimum atomic E-state index is -0.479. The molecule has 4 rings (SSSR count). The zero-order valence-electron chi connectivity index (χ0n) is 18.1. The first kappa shape index (κ1) is 20.6. The van der Waals surface area contributed by atoms with Crippen molar-refractivity contribution in [1.29, 1.82) is 0 Å². The first-order chi connectivity index (χ1) is 14.1. The second-order valence-corrected chi connectivity index (χ2v) is 9.95. The monoisotopic (exact) mass is 414 g/mol. The van der Waals surface area contributed by atoms with E-state index >= 15 is 0 Å². The molecule has 0 bridgehead atoms. The number of hydrogen-bond donors (Lipinski definition) is 1. The normalized spacial score (nSPS) is 23.5. The molecule has 1 aromatic rings. The highest BCUT2D eigenvalue weighted by Gasteiger charge is 2.54. The van der Waals surface area contributed by atoms with E-state index in [1.165, 1.54) is 0 Å². The first-order valence-corrected chi connectivity index (χ1v) is 10.6. The number of hydrogen-bond acceptors (Lipinski definition) is 6. The summed E-state index contributed by atoms with van der Waals surface area (Å²) in [5, 5.41) is 2.38. The summed E-state index contributed by atoms with van der Waals surface area (Å²) in [7, 11) is 1.82. The van der Waals surface area contributed by atoms with Crippen LogP contribution in [0.5, 0.6) is 0 Å². The molecule has 8 heteroatoms. The number of ether oxygens (including phenoxy) is 1. The average molecular weight is 415 g/mol. The van der Waals surface area contributed by atoms with Gasteiger partial charge in [0.15, 0.2) is 0 Å². The molecule has 8 nitrogen and oxygen atoms in total. The topological polar surface area (TPSA) is 91.8 Å². The lowest BCUT2D eigenvalue weighted by Gasteiger charge is -2.61. The van der Waals surface area contributed by atoms with Crippen LogP contribution in [0.25, 0.3) is 0 Å². The molecule has 3 aliphatic rings. The number of nitrogens with zero attached hydrogens (tertiary/aromatic N) is 3. The van der Waals surface area contributed by atoms with Crippen LogP contribution in [0.4, 0.5) is 10.5 Å². The summed E-state index contributed by atoms with van der Waals surface area (Å²) in [6.07, 6.45) is 4.40. The van der Waals surface area contributed by atoms with E-state index in [1.807, 2.05) is 46.1 Å². The summed E-state index contributed by atoms with van der Waals surface area (Å²) in [5.74, 6) is -0.825. The van der Waals surface area contributed by atoms with Gasteiger partial charge in [0.25, 0.3) is 0 Å². The molecule has 1 aliphatic carbocycles. The largest absolute Gasteiger partial charge is 0.444 e. The predicted molar refractivity (Wildman–Crippen MR) is 111 cm³/mol. The van der Waals surface area contributed by atoms with Gasteiger partial charge in [0.1, 0.15) is 5.60 Å². The molecule has 1 spiro atoms. The van der Waals surface area contributed by atoms with Gasteiger partial charge in [0.05, 0.1) is 23.5 Å². The third kappa shape index (κ3) is 4.00. The third-order valence-electron chi connectivity index (χ3n) is 6.35. The molecular weight excluding hydrogens is 384 g/mol. The lowest BCUT2D eigenvalue weighted by molar-refractivity contribution is -0.134. The molecule has 1 aromatic heterocycles. The van der Waals surface area contributed by atoms with Crippen molar-refractivity contribution in [2.75, 3.05) is 25.0 Å². The van der Waals surface area contributed by atoms with Crippen LogP contribution in [0.2, 0.25) is 0 Å². The molecule has 3 fully saturated rings. The van der Waals surface area contributed by atoms with E-state index in [4.69, 9.17) is 4.74 Å². The van der Waals surface area contributed by atoms with Gasteiger partial charge in [0, 0.05) is 38.0 Å². The summed E-state index contributed by atoms with van der Waals surface area (Å²) >= 11 is 0. The Morgan fingerprint density at radius 1 is 1.27 bits per heavy atom. The number of carbonyl (C=O) groups is 3. The molecule has 0 radical (unpaired) electrons. The van der Waals surface area contributed by atoms with E-state index in [0.29, 0.717) is 18.5 Å². The molecule has 1 N–H and O–H groups in total. The Hall–Kier alpha value is -2.64. The van der Waals surface area contributed by atoms with Crippen molar-refractivity contribution in [3.8, 4) is 0 Å². The first-order valence-electron chi connectivity index (χ1n) is 10.6. The van der Waals surface area contributed by atoms with Gasteiger partial charge in [-0.15, -0.1) is 0 Å². The highest BCUT2D eigenvalue weighted by atomic mass is 16.6. The second kappa shape index (κ2) is 7.25. The van der Waals surface area contributed by atoms with Gasteiger partial charge in [-0.3, -0.25) is 19.9 Å². The molecule has 1 atom stereocenters. The van der Waals surface area contributed by atoms with Crippen molar-refractivity contribution >= 4 is 23.6 Å². The van der Waals surface area contributed by atoms with Crippen LogP contribution in [0, 0.1) is 5.41 Å². The Kier molecular flexibility index (Phi) is 4.98. The van der Waals surface area contributed by atoms with E-state index in [2.05, 4.69) is 15.2 Å². The van der Waals surface area contributed by atoms with Gasteiger partial charge >= 0.3 is 6.09 Å². The Balaban J connectivity index is 1.28. The van der Waals surface area contributed by atoms with Crippen LogP contribution in [-0.2, 0) is 14.3 Å². The number of nitrogens with one attached hydrogen (secondary N) is 1. The Morgan fingerprint density at radius 3 is 2.53 bits per heavy atom. The number of aromatic nitrogens is 1. The van der Waals surface area contributed by atoms with Crippen LogP contribution in [0.3, 0.4) is 0 Å². The van der Waals surface area contributed by atoms with E-state index in [0.717, 1.165) is 31.6 Å². The molecule has 2 saturated heterocycles. The molecule has 30 heavy (non-hydrogen) atoms. The average Bonchev–Trinajstić information content (AvgIpc) is 2.58. The molecular formula is C22H30N4O4. The Morgan fingerprint density at radius 2 is 1.97 bits per heavy atom. The molecule has 3 heterocycles. The maximum absolute atomic E-state index is 12.2. The number of amides is 3. The second-order valence-electron chi connectivity index (χ2n) is 9.95. The van der Waals surface area contributed by atoms with Crippen molar-refractivity contribution in [2.24, 2.45) is 5.41 Å². The van der Waals surface area contributed by atoms with Gasteiger partial charge in [-0.25, -0.2) is 4.79 Å². The number of imide groups is 1. The maximum atomic E-state index is 12.2. The maximum Gasteiger partial charge on any atom is 0.410 e. The van der Waals surface area contributed by atoms with Gasteiger partial charge < -0.3 is 14.5 Å². The summed E-state index contributed by atoms with van der Waals surface area (Å²) in [4.78, 5) is 44.1. The number of anilines is 1.